The zero-order chi connectivity index (χ0) is 18.4. The summed E-state index contributed by atoms with van der Waals surface area (Å²) in [6, 6.07) is 11.0. The highest BCUT2D eigenvalue weighted by molar-refractivity contribution is 5.84. The van der Waals surface area contributed by atoms with Gasteiger partial charge in [0.15, 0.2) is 0 Å². The summed E-state index contributed by atoms with van der Waals surface area (Å²) >= 11 is 0. The Morgan fingerprint density at radius 3 is 2.73 bits per heavy atom. The van der Waals surface area contributed by atoms with Gasteiger partial charge < -0.3 is 5.32 Å². The fourth-order valence-electron chi connectivity index (χ4n) is 2.71. The second kappa shape index (κ2) is 8.20. The van der Waals surface area contributed by atoms with E-state index in [1.165, 1.54) is 4.68 Å². The lowest BCUT2D eigenvalue weighted by Gasteiger charge is -2.12. The molecule has 0 aliphatic carbocycles. The zero-order valence-corrected chi connectivity index (χ0v) is 14.4. The summed E-state index contributed by atoms with van der Waals surface area (Å²) in [5.74, 6) is -0.0687. The molecule has 0 saturated heterocycles. The van der Waals surface area contributed by atoms with Gasteiger partial charge >= 0.3 is 0 Å². The number of hydrogen-bond donors (Lipinski definition) is 1. The normalized spacial score (nSPS) is 10.6. The van der Waals surface area contributed by atoms with Crippen molar-refractivity contribution in [3.63, 3.8) is 0 Å². The lowest BCUT2D eigenvalue weighted by Crippen LogP contribution is -2.28. The minimum absolute atomic E-state index is 0.0687. The van der Waals surface area contributed by atoms with E-state index in [-0.39, 0.29) is 18.0 Å². The molecule has 0 unspecified atom stereocenters. The fourth-order valence-corrected chi connectivity index (χ4v) is 2.71. The van der Waals surface area contributed by atoms with E-state index in [1.807, 2.05) is 30.3 Å². The first-order chi connectivity index (χ1) is 12.7. The van der Waals surface area contributed by atoms with E-state index in [4.69, 9.17) is 0 Å². The molecule has 3 rings (SSSR count). The molecular formula is C20H20N4O2. The van der Waals surface area contributed by atoms with Crippen LogP contribution in [-0.2, 0) is 17.9 Å². The van der Waals surface area contributed by atoms with Crippen LogP contribution in [0.2, 0.25) is 0 Å². The molecule has 1 N–H and O–H groups in total. The van der Waals surface area contributed by atoms with Crippen molar-refractivity contribution >= 4 is 16.7 Å². The van der Waals surface area contributed by atoms with Crippen LogP contribution < -0.4 is 10.9 Å². The van der Waals surface area contributed by atoms with Gasteiger partial charge in [0.2, 0.25) is 5.91 Å². The van der Waals surface area contributed by atoms with Gasteiger partial charge in [-0.2, -0.15) is 5.10 Å². The van der Waals surface area contributed by atoms with Crippen molar-refractivity contribution in [1.82, 2.24) is 20.1 Å². The Hall–Kier alpha value is -3.28. The van der Waals surface area contributed by atoms with E-state index in [0.29, 0.717) is 30.5 Å². The topological polar surface area (TPSA) is 76.9 Å². The molecule has 1 amide bonds. The number of allylic oxidation sites excluding steroid dienone is 1. The Morgan fingerprint density at radius 2 is 2.00 bits per heavy atom. The second-order valence-electron chi connectivity index (χ2n) is 5.92. The molecule has 0 bridgehead atoms. The van der Waals surface area contributed by atoms with Crippen LogP contribution in [0, 0.1) is 0 Å². The van der Waals surface area contributed by atoms with Crippen LogP contribution in [0.3, 0.4) is 0 Å². The molecule has 0 atom stereocenters. The van der Waals surface area contributed by atoms with Crippen molar-refractivity contribution in [2.75, 3.05) is 0 Å². The second-order valence-corrected chi connectivity index (χ2v) is 5.92. The van der Waals surface area contributed by atoms with E-state index in [2.05, 4.69) is 22.0 Å². The maximum atomic E-state index is 12.7. The lowest BCUT2D eigenvalue weighted by atomic mass is 10.1. The lowest BCUT2D eigenvalue weighted by molar-refractivity contribution is -0.121. The minimum atomic E-state index is -0.161. The minimum Gasteiger partial charge on any atom is -0.350 e. The Morgan fingerprint density at radius 1 is 1.19 bits per heavy atom. The molecule has 1 aromatic carbocycles. The van der Waals surface area contributed by atoms with Crippen LogP contribution in [0.5, 0.6) is 0 Å². The maximum absolute atomic E-state index is 12.7. The first kappa shape index (κ1) is 17.5. The molecule has 0 fully saturated rings. The number of nitrogens with one attached hydrogen (secondary N) is 1. The zero-order valence-electron chi connectivity index (χ0n) is 14.4. The van der Waals surface area contributed by atoms with Crippen molar-refractivity contribution in [2.24, 2.45) is 0 Å². The third-order valence-corrected chi connectivity index (χ3v) is 4.03. The quantitative estimate of drug-likeness (QED) is 0.665. The van der Waals surface area contributed by atoms with Crippen molar-refractivity contribution in [3.8, 4) is 0 Å². The maximum Gasteiger partial charge on any atom is 0.274 e. The van der Waals surface area contributed by atoms with Gasteiger partial charge in [-0.05, 0) is 24.1 Å². The summed E-state index contributed by atoms with van der Waals surface area (Å²) in [6.45, 7) is 4.21. The third-order valence-electron chi connectivity index (χ3n) is 4.03. The molecule has 132 valence electrons. The van der Waals surface area contributed by atoms with Crippen LogP contribution in [0.15, 0.2) is 66.2 Å². The Bertz CT molecular complexity index is 980. The predicted octanol–water partition coefficient (Wildman–Crippen LogP) is 2.42. The highest BCUT2D eigenvalue weighted by Crippen LogP contribution is 2.13. The first-order valence-electron chi connectivity index (χ1n) is 8.44. The van der Waals surface area contributed by atoms with E-state index in [0.717, 1.165) is 10.9 Å². The fraction of sp³-hybridized carbons (Fsp3) is 0.200. The molecule has 0 spiro atoms. The Balaban J connectivity index is 1.93. The molecule has 26 heavy (non-hydrogen) atoms. The smallest absolute Gasteiger partial charge is 0.274 e. The van der Waals surface area contributed by atoms with Crippen molar-refractivity contribution in [3.05, 3.63) is 83.1 Å². The van der Waals surface area contributed by atoms with Crippen molar-refractivity contribution < 1.29 is 4.79 Å². The predicted molar refractivity (Wildman–Crippen MR) is 101 cm³/mol. The summed E-state index contributed by atoms with van der Waals surface area (Å²) in [5.41, 5.74) is 1.39. The van der Waals surface area contributed by atoms with Crippen LogP contribution in [0.4, 0.5) is 0 Å². The summed E-state index contributed by atoms with van der Waals surface area (Å²) in [6.07, 6.45) is 6.11. The molecule has 0 aliphatic rings. The van der Waals surface area contributed by atoms with Gasteiger partial charge in [-0.15, -0.1) is 6.58 Å². The number of rotatable bonds is 7. The molecule has 2 heterocycles. The molecule has 0 aliphatic heterocycles. The SMILES string of the molecule is C=CCCC(=O)NCc1nn(Cc2cccnc2)c(=O)c2ccccc12. The summed E-state index contributed by atoms with van der Waals surface area (Å²) < 4.78 is 1.42. The van der Waals surface area contributed by atoms with Gasteiger partial charge in [-0.1, -0.05) is 30.3 Å². The number of amides is 1. The summed E-state index contributed by atoms with van der Waals surface area (Å²) in [4.78, 5) is 28.7. The standard InChI is InChI=1S/C20H20N4O2/c1-2-3-10-19(25)22-13-18-16-8-4-5-9-17(16)20(26)24(23-18)14-15-7-6-11-21-12-15/h2,4-9,11-12H,1,3,10,13-14H2,(H,22,25). The summed E-state index contributed by atoms with van der Waals surface area (Å²) in [5, 5.41) is 8.69. The van der Waals surface area contributed by atoms with Gasteiger partial charge in [-0.25, -0.2) is 4.68 Å². The van der Waals surface area contributed by atoms with Crippen molar-refractivity contribution in [1.29, 1.82) is 0 Å². The summed E-state index contributed by atoms with van der Waals surface area (Å²) in [7, 11) is 0. The largest absolute Gasteiger partial charge is 0.350 e. The van der Waals surface area contributed by atoms with E-state index < -0.39 is 0 Å². The number of benzene rings is 1. The van der Waals surface area contributed by atoms with Crippen LogP contribution in [0.1, 0.15) is 24.1 Å². The number of carbonyl (C=O) groups excluding carboxylic acids is 1. The Labute approximate surface area is 151 Å². The third kappa shape index (κ3) is 4.03. The van der Waals surface area contributed by atoms with E-state index >= 15 is 0 Å². The monoisotopic (exact) mass is 348 g/mol. The number of aromatic nitrogens is 3. The van der Waals surface area contributed by atoms with E-state index in [1.54, 1.807) is 24.5 Å². The number of nitrogens with zero attached hydrogens (tertiary/aromatic N) is 3. The molecule has 3 aromatic rings. The van der Waals surface area contributed by atoms with Gasteiger partial charge in [0.05, 0.1) is 24.2 Å². The molecule has 6 nitrogen and oxygen atoms in total. The van der Waals surface area contributed by atoms with Crippen LogP contribution in [-0.4, -0.2) is 20.7 Å². The highest BCUT2D eigenvalue weighted by atomic mass is 16.1. The molecule has 0 saturated carbocycles. The van der Waals surface area contributed by atoms with Crippen LogP contribution >= 0.6 is 0 Å². The number of hydrogen-bond acceptors (Lipinski definition) is 4. The van der Waals surface area contributed by atoms with Crippen molar-refractivity contribution in [2.45, 2.75) is 25.9 Å². The molecule has 0 radical (unpaired) electrons. The average molecular weight is 348 g/mol. The van der Waals surface area contributed by atoms with Gasteiger partial charge in [0.25, 0.3) is 5.56 Å². The molecular weight excluding hydrogens is 328 g/mol. The van der Waals surface area contributed by atoms with Gasteiger partial charge in [-0.3, -0.25) is 14.6 Å². The molecule has 2 aromatic heterocycles. The Kier molecular flexibility index (Phi) is 5.53. The first-order valence-corrected chi connectivity index (χ1v) is 8.44. The number of pyridine rings is 1. The van der Waals surface area contributed by atoms with Gasteiger partial charge in [0.1, 0.15) is 0 Å². The highest BCUT2D eigenvalue weighted by Gasteiger charge is 2.11. The van der Waals surface area contributed by atoms with Crippen LogP contribution in [0.25, 0.3) is 10.8 Å². The average Bonchev–Trinajstić information content (AvgIpc) is 2.68. The number of fused-ring (bicyclic) bond motifs is 1. The van der Waals surface area contributed by atoms with E-state index in [9.17, 15) is 9.59 Å². The molecule has 6 heteroatoms. The van der Waals surface area contributed by atoms with Gasteiger partial charge in [0, 0.05) is 24.2 Å². The number of carbonyl (C=O) groups is 1.